The number of nitrogens with zero attached hydrogens (tertiary/aromatic N) is 2. The van der Waals surface area contributed by atoms with Gasteiger partial charge < -0.3 is 10.1 Å². The first-order chi connectivity index (χ1) is 9.58. The fourth-order valence-corrected chi connectivity index (χ4v) is 2.12. The monoisotopic (exact) mass is 297 g/mol. The van der Waals surface area contributed by atoms with Crippen LogP contribution in [-0.2, 0) is 14.3 Å². The third-order valence-corrected chi connectivity index (χ3v) is 3.73. The maximum atomic E-state index is 11.9. The Morgan fingerprint density at radius 3 is 2.60 bits per heavy atom. The van der Waals surface area contributed by atoms with E-state index < -0.39 is 12.0 Å². The van der Waals surface area contributed by atoms with Crippen LogP contribution in [0.5, 0.6) is 0 Å². The van der Waals surface area contributed by atoms with Gasteiger partial charge in [0.2, 0.25) is 5.91 Å². The molecule has 2 atom stereocenters. The van der Waals surface area contributed by atoms with Crippen LogP contribution < -0.4 is 5.32 Å². The average molecular weight is 297 g/mol. The molecule has 0 aliphatic rings. The number of hydrogen-bond donors (Lipinski definition) is 1. The summed E-state index contributed by atoms with van der Waals surface area (Å²) in [4.78, 5) is 31.6. The van der Waals surface area contributed by atoms with Gasteiger partial charge in [0.15, 0.2) is 5.16 Å². The summed E-state index contributed by atoms with van der Waals surface area (Å²) in [5, 5.41) is 3.23. The minimum Gasteiger partial charge on any atom is -0.467 e. The lowest BCUT2D eigenvalue weighted by atomic mass is 9.99. The highest BCUT2D eigenvalue weighted by Crippen LogP contribution is 2.12. The van der Waals surface area contributed by atoms with Gasteiger partial charge in [0.1, 0.15) is 6.04 Å². The molecule has 7 heteroatoms. The Labute approximate surface area is 122 Å². The molecule has 0 aliphatic heterocycles. The molecule has 0 saturated carbocycles. The van der Waals surface area contributed by atoms with E-state index in [-0.39, 0.29) is 17.6 Å². The SMILES string of the molecule is CC[C@H](C)[C@H](NC(=O)CSc1ncccn1)C(=O)OC. The van der Waals surface area contributed by atoms with E-state index in [1.807, 2.05) is 13.8 Å². The van der Waals surface area contributed by atoms with E-state index in [1.165, 1.54) is 18.9 Å². The average Bonchev–Trinajstić information content (AvgIpc) is 2.50. The lowest BCUT2D eigenvalue weighted by Crippen LogP contribution is -2.46. The quantitative estimate of drug-likeness (QED) is 0.464. The van der Waals surface area contributed by atoms with Gasteiger partial charge in [0.25, 0.3) is 0 Å². The highest BCUT2D eigenvalue weighted by molar-refractivity contribution is 7.99. The lowest BCUT2D eigenvalue weighted by molar-refractivity contribution is -0.146. The molecule has 0 saturated heterocycles. The second kappa shape index (κ2) is 8.52. The van der Waals surface area contributed by atoms with Crippen molar-refractivity contribution in [2.75, 3.05) is 12.9 Å². The Hall–Kier alpha value is -1.63. The molecule has 0 aliphatic carbocycles. The van der Waals surface area contributed by atoms with Crippen molar-refractivity contribution in [3.63, 3.8) is 0 Å². The summed E-state index contributed by atoms with van der Waals surface area (Å²) in [6.07, 6.45) is 4.00. The van der Waals surface area contributed by atoms with Crippen molar-refractivity contribution >= 4 is 23.6 Å². The zero-order valence-corrected chi connectivity index (χ0v) is 12.6. The molecule has 1 rings (SSSR count). The van der Waals surface area contributed by atoms with Gasteiger partial charge in [-0.1, -0.05) is 32.0 Å². The fraction of sp³-hybridized carbons (Fsp3) is 0.538. The minimum absolute atomic E-state index is 0.0179. The molecular weight excluding hydrogens is 278 g/mol. The summed E-state index contributed by atoms with van der Waals surface area (Å²) < 4.78 is 4.71. The van der Waals surface area contributed by atoms with Crippen molar-refractivity contribution < 1.29 is 14.3 Å². The van der Waals surface area contributed by atoms with Crippen molar-refractivity contribution in [1.29, 1.82) is 0 Å². The topological polar surface area (TPSA) is 81.2 Å². The van der Waals surface area contributed by atoms with Crippen LogP contribution in [0.4, 0.5) is 0 Å². The molecule has 1 N–H and O–H groups in total. The van der Waals surface area contributed by atoms with Crippen LogP contribution in [0.25, 0.3) is 0 Å². The van der Waals surface area contributed by atoms with Crippen molar-refractivity contribution in [2.45, 2.75) is 31.5 Å². The Kier molecular flexibility index (Phi) is 7.00. The number of esters is 1. The maximum Gasteiger partial charge on any atom is 0.328 e. The third-order valence-electron chi connectivity index (χ3n) is 2.86. The van der Waals surface area contributed by atoms with Gasteiger partial charge in [-0.25, -0.2) is 14.8 Å². The molecule has 1 aromatic heterocycles. The molecular formula is C13H19N3O3S. The van der Waals surface area contributed by atoms with E-state index in [0.717, 1.165) is 6.42 Å². The first kappa shape index (κ1) is 16.4. The first-order valence-electron chi connectivity index (χ1n) is 6.35. The maximum absolute atomic E-state index is 11.9. The Balaban J connectivity index is 2.51. The smallest absolute Gasteiger partial charge is 0.328 e. The zero-order chi connectivity index (χ0) is 15.0. The van der Waals surface area contributed by atoms with Crippen molar-refractivity contribution in [3.8, 4) is 0 Å². The molecule has 20 heavy (non-hydrogen) atoms. The summed E-state index contributed by atoms with van der Waals surface area (Å²) in [6, 6.07) is 1.09. The normalized spacial score (nSPS) is 13.3. The van der Waals surface area contributed by atoms with E-state index in [1.54, 1.807) is 18.5 Å². The van der Waals surface area contributed by atoms with Crippen LogP contribution in [0.2, 0.25) is 0 Å². The number of methoxy groups -OCH3 is 1. The highest BCUT2D eigenvalue weighted by atomic mass is 32.2. The van der Waals surface area contributed by atoms with E-state index in [9.17, 15) is 9.59 Å². The number of nitrogens with one attached hydrogen (secondary N) is 1. The van der Waals surface area contributed by atoms with Crippen LogP contribution in [0, 0.1) is 5.92 Å². The summed E-state index contributed by atoms with van der Waals surface area (Å²) in [7, 11) is 1.32. The van der Waals surface area contributed by atoms with Gasteiger partial charge in [-0.2, -0.15) is 0 Å². The Morgan fingerprint density at radius 1 is 1.40 bits per heavy atom. The molecule has 1 heterocycles. The van der Waals surface area contributed by atoms with Crippen molar-refractivity contribution in [3.05, 3.63) is 18.5 Å². The zero-order valence-electron chi connectivity index (χ0n) is 11.8. The number of carbonyl (C=O) groups is 2. The van der Waals surface area contributed by atoms with Gasteiger partial charge in [-0.3, -0.25) is 4.79 Å². The van der Waals surface area contributed by atoms with Crippen molar-refractivity contribution in [2.24, 2.45) is 5.92 Å². The fourth-order valence-electron chi connectivity index (χ4n) is 1.50. The number of aromatic nitrogens is 2. The molecule has 1 amide bonds. The van der Waals surface area contributed by atoms with E-state index in [4.69, 9.17) is 4.74 Å². The number of ether oxygens (including phenoxy) is 1. The molecule has 1 aromatic rings. The van der Waals surface area contributed by atoms with Gasteiger partial charge in [-0.15, -0.1) is 0 Å². The molecule has 0 unspecified atom stereocenters. The molecule has 0 aromatic carbocycles. The summed E-state index contributed by atoms with van der Waals surface area (Å²) in [5.74, 6) is -0.482. The number of thioether (sulfide) groups is 1. The predicted octanol–water partition coefficient (Wildman–Crippen LogP) is 1.27. The van der Waals surface area contributed by atoms with Gasteiger partial charge >= 0.3 is 5.97 Å². The predicted molar refractivity (Wildman–Crippen MR) is 76.2 cm³/mol. The Morgan fingerprint density at radius 2 is 2.05 bits per heavy atom. The van der Waals surface area contributed by atoms with E-state index >= 15 is 0 Å². The first-order valence-corrected chi connectivity index (χ1v) is 7.34. The molecule has 6 nitrogen and oxygen atoms in total. The van der Waals surface area contributed by atoms with Crippen molar-refractivity contribution in [1.82, 2.24) is 15.3 Å². The van der Waals surface area contributed by atoms with Gasteiger partial charge in [0, 0.05) is 12.4 Å². The van der Waals surface area contributed by atoms with Crippen LogP contribution in [0.15, 0.2) is 23.6 Å². The summed E-state index contributed by atoms with van der Waals surface area (Å²) >= 11 is 1.22. The lowest BCUT2D eigenvalue weighted by Gasteiger charge is -2.21. The van der Waals surface area contributed by atoms with E-state index in [0.29, 0.717) is 5.16 Å². The molecule has 0 spiro atoms. The summed E-state index contributed by atoms with van der Waals surface area (Å²) in [6.45, 7) is 3.86. The minimum atomic E-state index is -0.616. The van der Waals surface area contributed by atoms with Crippen LogP contribution in [0.1, 0.15) is 20.3 Å². The van der Waals surface area contributed by atoms with Crippen LogP contribution in [0.3, 0.4) is 0 Å². The number of amides is 1. The summed E-state index contributed by atoms with van der Waals surface area (Å²) in [5.41, 5.74) is 0. The van der Waals surface area contributed by atoms with Crippen LogP contribution >= 0.6 is 11.8 Å². The largest absolute Gasteiger partial charge is 0.467 e. The Bertz CT molecular complexity index is 442. The standard InChI is InChI=1S/C13H19N3O3S/c1-4-9(2)11(12(18)19-3)16-10(17)8-20-13-14-6-5-7-15-13/h5-7,9,11H,4,8H2,1-3H3,(H,16,17)/t9-,11-/m0/s1. The second-order valence-electron chi connectivity index (χ2n) is 4.27. The van der Waals surface area contributed by atoms with E-state index in [2.05, 4.69) is 15.3 Å². The van der Waals surface area contributed by atoms with Gasteiger partial charge in [0.05, 0.1) is 12.9 Å². The molecule has 110 valence electrons. The number of hydrogen-bond acceptors (Lipinski definition) is 6. The number of carbonyl (C=O) groups excluding carboxylic acids is 2. The van der Waals surface area contributed by atoms with Gasteiger partial charge in [-0.05, 0) is 12.0 Å². The second-order valence-corrected chi connectivity index (χ2v) is 5.22. The molecule has 0 radical (unpaired) electrons. The molecule has 0 fully saturated rings. The number of rotatable bonds is 7. The molecule has 0 bridgehead atoms. The third kappa shape index (κ3) is 5.16. The van der Waals surface area contributed by atoms with Crippen LogP contribution in [-0.4, -0.2) is 40.7 Å². The highest BCUT2D eigenvalue weighted by Gasteiger charge is 2.26.